The third-order valence-electron chi connectivity index (χ3n) is 1.78. The van der Waals surface area contributed by atoms with Crippen molar-refractivity contribution >= 4 is 45.6 Å². The van der Waals surface area contributed by atoms with Gasteiger partial charge in [0.2, 0.25) is 0 Å². The Morgan fingerprint density at radius 1 is 1.43 bits per heavy atom. The van der Waals surface area contributed by atoms with Crippen LogP contribution >= 0.6 is 23.6 Å². The Kier molecular flexibility index (Phi) is 2.05. The molecule has 1 aromatic heterocycles. The first-order valence-corrected chi connectivity index (χ1v) is 4.97. The number of carbonyl (C=O) groups excluding carboxylic acids is 2. The van der Waals surface area contributed by atoms with Crippen LogP contribution in [-0.4, -0.2) is 33.9 Å². The SMILES string of the molecule is CN1C(=O)C(=O)N(c2nccs2)C1=S. The van der Waals surface area contributed by atoms with Gasteiger partial charge in [0.05, 0.1) is 0 Å². The maximum Gasteiger partial charge on any atom is 0.325 e. The molecule has 1 aromatic rings. The summed E-state index contributed by atoms with van der Waals surface area (Å²) >= 11 is 6.20. The van der Waals surface area contributed by atoms with E-state index < -0.39 is 11.8 Å². The van der Waals surface area contributed by atoms with Gasteiger partial charge in [-0.15, -0.1) is 11.3 Å². The van der Waals surface area contributed by atoms with Crippen LogP contribution in [0.25, 0.3) is 0 Å². The minimum absolute atomic E-state index is 0.176. The molecule has 1 aliphatic heterocycles. The molecule has 1 saturated heterocycles. The van der Waals surface area contributed by atoms with Crippen molar-refractivity contribution in [3.05, 3.63) is 11.6 Å². The molecule has 72 valence electrons. The average molecular weight is 227 g/mol. The van der Waals surface area contributed by atoms with Gasteiger partial charge in [0.1, 0.15) is 0 Å². The summed E-state index contributed by atoms with van der Waals surface area (Å²) < 4.78 is 0. The van der Waals surface area contributed by atoms with Crippen LogP contribution in [0.2, 0.25) is 0 Å². The Balaban J connectivity index is 2.43. The van der Waals surface area contributed by atoms with E-state index in [1.54, 1.807) is 11.6 Å². The summed E-state index contributed by atoms with van der Waals surface area (Å²) in [5.41, 5.74) is 0. The van der Waals surface area contributed by atoms with Crippen molar-refractivity contribution < 1.29 is 9.59 Å². The fraction of sp³-hybridized carbons (Fsp3) is 0.143. The van der Waals surface area contributed by atoms with E-state index in [1.165, 1.54) is 18.4 Å². The average Bonchev–Trinajstić information content (AvgIpc) is 2.73. The lowest BCUT2D eigenvalue weighted by Gasteiger charge is -2.11. The zero-order valence-corrected chi connectivity index (χ0v) is 8.76. The molecular weight excluding hydrogens is 222 g/mol. The second-order valence-electron chi connectivity index (χ2n) is 2.60. The first-order valence-electron chi connectivity index (χ1n) is 3.68. The third kappa shape index (κ3) is 1.13. The molecule has 0 radical (unpaired) electrons. The smallest absolute Gasteiger partial charge is 0.283 e. The molecular formula is C7H5N3O2S2. The Morgan fingerprint density at radius 2 is 2.14 bits per heavy atom. The van der Waals surface area contributed by atoms with Crippen molar-refractivity contribution in [1.29, 1.82) is 0 Å². The molecule has 0 aromatic carbocycles. The number of thiocarbonyl (C=S) groups is 1. The first kappa shape index (κ1) is 9.22. The summed E-state index contributed by atoms with van der Waals surface area (Å²) in [6.45, 7) is 0. The lowest BCUT2D eigenvalue weighted by atomic mass is 10.5. The topological polar surface area (TPSA) is 53.5 Å². The summed E-state index contributed by atoms with van der Waals surface area (Å²) in [6.07, 6.45) is 1.55. The maximum atomic E-state index is 11.4. The van der Waals surface area contributed by atoms with Gasteiger partial charge >= 0.3 is 11.8 Å². The van der Waals surface area contributed by atoms with Gasteiger partial charge in [-0.25, -0.2) is 9.88 Å². The van der Waals surface area contributed by atoms with Gasteiger partial charge in [-0.05, 0) is 12.2 Å². The van der Waals surface area contributed by atoms with Gasteiger partial charge in [-0.2, -0.15) is 0 Å². The lowest BCUT2D eigenvalue weighted by Crippen LogP contribution is -2.30. The van der Waals surface area contributed by atoms with Gasteiger partial charge in [-0.1, -0.05) is 0 Å². The minimum atomic E-state index is -0.646. The van der Waals surface area contributed by atoms with Gasteiger partial charge in [0.25, 0.3) is 0 Å². The van der Waals surface area contributed by atoms with E-state index in [9.17, 15) is 9.59 Å². The summed E-state index contributed by atoms with van der Waals surface area (Å²) in [5, 5.41) is 2.32. The highest BCUT2D eigenvalue weighted by molar-refractivity contribution is 7.80. The summed E-state index contributed by atoms with van der Waals surface area (Å²) in [5.74, 6) is -1.27. The van der Waals surface area contributed by atoms with E-state index in [-0.39, 0.29) is 5.11 Å². The van der Waals surface area contributed by atoms with E-state index in [0.29, 0.717) is 5.13 Å². The zero-order chi connectivity index (χ0) is 10.3. The van der Waals surface area contributed by atoms with Crippen molar-refractivity contribution in [3.8, 4) is 0 Å². The molecule has 2 amide bonds. The largest absolute Gasteiger partial charge is 0.325 e. The number of aromatic nitrogens is 1. The van der Waals surface area contributed by atoms with E-state index >= 15 is 0 Å². The van der Waals surface area contributed by atoms with Crippen molar-refractivity contribution in [1.82, 2.24) is 9.88 Å². The van der Waals surface area contributed by atoms with Gasteiger partial charge in [-0.3, -0.25) is 14.5 Å². The molecule has 0 saturated carbocycles. The standard InChI is InChI=1S/C7H5N3O2S2/c1-9-4(11)5(12)10(7(9)13)6-8-2-3-14-6/h2-3H,1H3. The molecule has 0 aliphatic carbocycles. The van der Waals surface area contributed by atoms with Crippen LogP contribution in [0.5, 0.6) is 0 Å². The van der Waals surface area contributed by atoms with E-state index in [0.717, 1.165) is 9.80 Å². The quantitative estimate of drug-likeness (QED) is 0.509. The fourth-order valence-corrected chi connectivity index (χ4v) is 2.01. The first-order chi connectivity index (χ1) is 6.63. The number of rotatable bonds is 1. The Hall–Kier alpha value is -1.34. The number of likely N-dealkylation sites (N-methyl/N-ethyl adjacent to an activating group) is 1. The fourth-order valence-electron chi connectivity index (χ4n) is 1.06. The molecule has 1 fully saturated rings. The van der Waals surface area contributed by atoms with Crippen LogP contribution in [0.4, 0.5) is 5.13 Å². The van der Waals surface area contributed by atoms with Crippen molar-refractivity contribution in [2.75, 3.05) is 11.9 Å². The van der Waals surface area contributed by atoms with Gasteiger partial charge < -0.3 is 0 Å². The van der Waals surface area contributed by atoms with Gasteiger partial charge in [0, 0.05) is 18.6 Å². The predicted molar refractivity (Wildman–Crippen MR) is 55.0 cm³/mol. The van der Waals surface area contributed by atoms with Crippen molar-refractivity contribution in [2.45, 2.75) is 0 Å². The molecule has 0 N–H and O–H groups in total. The van der Waals surface area contributed by atoms with Crippen LogP contribution in [0.3, 0.4) is 0 Å². The second-order valence-corrected chi connectivity index (χ2v) is 3.84. The number of hydrogen-bond acceptors (Lipinski definition) is 5. The van der Waals surface area contributed by atoms with E-state index in [1.807, 2.05) is 0 Å². The molecule has 2 heterocycles. The van der Waals surface area contributed by atoms with Crippen LogP contribution in [0.15, 0.2) is 11.6 Å². The number of thiazole rings is 1. The minimum Gasteiger partial charge on any atom is -0.283 e. The molecule has 14 heavy (non-hydrogen) atoms. The van der Waals surface area contributed by atoms with Crippen LogP contribution in [-0.2, 0) is 9.59 Å². The highest BCUT2D eigenvalue weighted by Gasteiger charge is 2.41. The second kappa shape index (κ2) is 3.10. The van der Waals surface area contributed by atoms with Gasteiger partial charge in [0.15, 0.2) is 10.2 Å². The number of anilines is 1. The Morgan fingerprint density at radius 3 is 2.57 bits per heavy atom. The number of nitrogens with zero attached hydrogens (tertiary/aromatic N) is 3. The monoisotopic (exact) mass is 227 g/mol. The van der Waals surface area contributed by atoms with Crippen LogP contribution in [0.1, 0.15) is 0 Å². The molecule has 0 atom stereocenters. The Bertz CT molecular complexity index is 415. The molecule has 0 bridgehead atoms. The number of amides is 2. The molecule has 0 spiro atoms. The summed E-state index contributed by atoms with van der Waals surface area (Å²) in [7, 11) is 1.47. The third-order valence-corrected chi connectivity index (χ3v) is 2.99. The molecule has 2 rings (SSSR count). The van der Waals surface area contributed by atoms with E-state index in [4.69, 9.17) is 12.2 Å². The van der Waals surface area contributed by atoms with Crippen LogP contribution in [0, 0.1) is 0 Å². The lowest BCUT2D eigenvalue weighted by molar-refractivity contribution is -0.138. The maximum absolute atomic E-state index is 11.4. The van der Waals surface area contributed by atoms with Crippen LogP contribution < -0.4 is 4.90 Å². The zero-order valence-electron chi connectivity index (χ0n) is 7.13. The number of hydrogen-bond donors (Lipinski definition) is 0. The normalized spacial score (nSPS) is 17.1. The molecule has 1 aliphatic rings. The highest BCUT2D eigenvalue weighted by Crippen LogP contribution is 2.23. The molecule has 7 heteroatoms. The van der Waals surface area contributed by atoms with Crippen molar-refractivity contribution in [2.24, 2.45) is 0 Å². The predicted octanol–water partition coefficient (Wildman–Crippen LogP) is 0.233. The highest BCUT2D eigenvalue weighted by atomic mass is 32.1. The van der Waals surface area contributed by atoms with Crippen molar-refractivity contribution in [3.63, 3.8) is 0 Å². The summed E-state index contributed by atoms with van der Waals surface area (Å²) in [6, 6.07) is 0. The van der Waals surface area contributed by atoms with E-state index in [2.05, 4.69) is 4.98 Å². The number of carbonyl (C=O) groups is 2. The molecule has 5 nitrogen and oxygen atoms in total. The summed E-state index contributed by atoms with van der Waals surface area (Å²) in [4.78, 5) is 28.9. The molecule has 0 unspecified atom stereocenters. The Labute approximate surface area is 88.9 Å².